The Balaban J connectivity index is 1.75. The number of alkyl halides is 3. The lowest BCUT2D eigenvalue weighted by Crippen LogP contribution is -2.23. The normalized spacial score (nSPS) is 19.3. The summed E-state index contributed by atoms with van der Waals surface area (Å²) in [6.07, 6.45) is 1.68. The average molecular weight is 350 g/mol. The third-order valence-corrected chi connectivity index (χ3v) is 4.99. The molecule has 2 aromatic heterocycles. The molecule has 2 aromatic rings. The molecule has 7 heteroatoms. The van der Waals surface area contributed by atoms with E-state index in [0.717, 1.165) is 49.8 Å². The summed E-state index contributed by atoms with van der Waals surface area (Å²) in [5, 5.41) is 3.56. The molecule has 3 heterocycles. The number of likely N-dealkylation sites (N-methyl/N-ethyl adjacent to an activating group) is 1. The highest BCUT2D eigenvalue weighted by Crippen LogP contribution is 2.40. The Morgan fingerprint density at radius 2 is 2.16 bits per heavy atom. The maximum Gasteiger partial charge on any atom is 0.419 e. The molecule has 0 spiro atoms. The van der Waals surface area contributed by atoms with Crippen LogP contribution in [0.5, 0.6) is 0 Å². The molecule has 0 aromatic carbocycles. The predicted molar refractivity (Wildman–Crippen MR) is 92.4 cm³/mol. The fourth-order valence-corrected chi connectivity index (χ4v) is 3.24. The zero-order valence-electron chi connectivity index (χ0n) is 14.1. The van der Waals surface area contributed by atoms with Crippen LogP contribution in [0, 0.1) is 5.92 Å². The van der Waals surface area contributed by atoms with E-state index in [2.05, 4.69) is 33.3 Å². The number of hydrogen-bond acceptors (Lipinski definition) is 3. The Bertz CT molecular complexity index is 818. The van der Waals surface area contributed by atoms with Crippen LogP contribution in [-0.4, -0.2) is 41.5 Å². The Labute approximate surface area is 144 Å². The molecular formula is C18H21F3N4. The van der Waals surface area contributed by atoms with E-state index in [-0.39, 0.29) is 5.69 Å². The van der Waals surface area contributed by atoms with Crippen molar-refractivity contribution in [3.8, 4) is 0 Å². The van der Waals surface area contributed by atoms with E-state index in [1.54, 1.807) is 0 Å². The Kier molecular flexibility index (Phi) is 3.98. The Morgan fingerprint density at radius 3 is 2.80 bits per heavy atom. The number of anilines is 1. The molecule has 0 amide bonds. The van der Waals surface area contributed by atoms with Gasteiger partial charge < -0.3 is 15.2 Å². The monoisotopic (exact) mass is 350 g/mol. The van der Waals surface area contributed by atoms with Gasteiger partial charge in [0.2, 0.25) is 0 Å². The van der Waals surface area contributed by atoms with Crippen LogP contribution >= 0.6 is 0 Å². The molecule has 4 rings (SSSR count). The maximum absolute atomic E-state index is 13.4. The van der Waals surface area contributed by atoms with Gasteiger partial charge >= 0.3 is 6.18 Å². The van der Waals surface area contributed by atoms with Crippen LogP contribution in [0.2, 0.25) is 0 Å². The van der Waals surface area contributed by atoms with Gasteiger partial charge in [0.25, 0.3) is 0 Å². The lowest BCUT2D eigenvalue weighted by atomic mass is 10.0. The smallest absolute Gasteiger partial charge is 0.384 e. The summed E-state index contributed by atoms with van der Waals surface area (Å²) >= 11 is 0. The zero-order valence-corrected chi connectivity index (χ0v) is 14.1. The fraction of sp³-hybridized carbons (Fsp3) is 0.500. The molecule has 1 saturated carbocycles. The number of H-pyrrole nitrogens is 1. The van der Waals surface area contributed by atoms with Crippen LogP contribution < -0.4 is 5.32 Å². The van der Waals surface area contributed by atoms with Crippen LogP contribution in [0.4, 0.5) is 18.9 Å². The summed E-state index contributed by atoms with van der Waals surface area (Å²) in [4.78, 5) is 9.43. The first-order valence-corrected chi connectivity index (χ1v) is 8.62. The van der Waals surface area contributed by atoms with E-state index < -0.39 is 11.7 Å². The molecule has 0 atom stereocenters. The Morgan fingerprint density at radius 1 is 1.36 bits per heavy atom. The number of nitrogens with zero attached hydrogens (tertiary/aromatic N) is 2. The molecule has 1 aliphatic carbocycles. The quantitative estimate of drug-likeness (QED) is 0.872. The van der Waals surface area contributed by atoms with Gasteiger partial charge in [-0.3, -0.25) is 0 Å². The highest BCUT2D eigenvalue weighted by Gasteiger charge is 2.36. The summed E-state index contributed by atoms with van der Waals surface area (Å²) in [5.41, 5.74) is 1.97. The van der Waals surface area contributed by atoms with Gasteiger partial charge in [0, 0.05) is 36.9 Å². The number of nitrogens with one attached hydrogen (secondary N) is 2. The lowest BCUT2D eigenvalue weighted by molar-refractivity contribution is -0.137. The van der Waals surface area contributed by atoms with Crippen LogP contribution in [-0.2, 0) is 6.18 Å². The van der Waals surface area contributed by atoms with Crippen molar-refractivity contribution in [1.82, 2.24) is 14.9 Å². The van der Waals surface area contributed by atoms with Crippen molar-refractivity contribution in [3.05, 3.63) is 29.6 Å². The van der Waals surface area contributed by atoms with Crippen molar-refractivity contribution in [2.75, 3.05) is 32.0 Å². The van der Waals surface area contributed by atoms with Gasteiger partial charge in [0.15, 0.2) is 0 Å². The third kappa shape index (κ3) is 3.38. The van der Waals surface area contributed by atoms with Gasteiger partial charge in [-0.2, -0.15) is 13.2 Å². The SMILES string of the molecule is CN1CC=C(c2cc3c(NCC4CC4)c(C(F)(F)F)cnc3[nH]2)CC1. The number of halogens is 3. The first kappa shape index (κ1) is 16.4. The molecule has 2 aliphatic rings. The highest BCUT2D eigenvalue weighted by atomic mass is 19.4. The number of aromatic amines is 1. The summed E-state index contributed by atoms with van der Waals surface area (Å²) < 4.78 is 40.2. The first-order chi connectivity index (χ1) is 11.9. The van der Waals surface area contributed by atoms with Crippen molar-refractivity contribution >= 4 is 22.3 Å². The van der Waals surface area contributed by atoms with Crippen molar-refractivity contribution in [3.63, 3.8) is 0 Å². The first-order valence-electron chi connectivity index (χ1n) is 8.62. The molecule has 2 N–H and O–H groups in total. The van der Waals surface area contributed by atoms with E-state index in [1.165, 1.54) is 0 Å². The van der Waals surface area contributed by atoms with Crippen LogP contribution in [0.3, 0.4) is 0 Å². The van der Waals surface area contributed by atoms with Gasteiger partial charge in [-0.15, -0.1) is 0 Å². The summed E-state index contributed by atoms with van der Waals surface area (Å²) in [6.45, 7) is 2.37. The minimum atomic E-state index is -4.42. The van der Waals surface area contributed by atoms with Crippen molar-refractivity contribution in [2.24, 2.45) is 5.92 Å². The fourth-order valence-electron chi connectivity index (χ4n) is 3.24. The second-order valence-corrected chi connectivity index (χ2v) is 7.06. The maximum atomic E-state index is 13.4. The van der Waals surface area contributed by atoms with E-state index in [4.69, 9.17) is 0 Å². The van der Waals surface area contributed by atoms with Gasteiger partial charge in [-0.25, -0.2) is 4.98 Å². The second-order valence-electron chi connectivity index (χ2n) is 7.06. The van der Waals surface area contributed by atoms with Crippen molar-refractivity contribution < 1.29 is 13.2 Å². The van der Waals surface area contributed by atoms with Crippen molar-refractivity contribution in [1.29, 1.82) is 0 Å². The number of fused-ring (bicyclic) bond motifs is 1. The summed E-state index contributed by atoms with van der Waals surface area (Å²) in [6, 6.07) is 1.81. The predicted octanol–water partition coefficient (Wildman–Crippen LogP) is 4.12. The zero-order chi connectivity index (χ0) is 17.6. The minimum absolute atomic E-state index is 0.153. The number of rotatable bonds is 4. The number of pyridine rings is 1. The number of hydrogen-bond donors (Lipinski definition) is 2. The summed E-state index contributed by atoms with van der Waals surface area (Å²) in [5.74, 6) is 0.485. The standard InChI is InChI=1S/C18H21F3N4/c1-25-6-4-12(5-7-25)15-8-13-16(22-9-11-2-3-11)14(18(19,20)21)10-23-17(13)24-15/h4,8,10-11H,2-3,5-7,9H2,1H3,(H2,22,23,24). The van der Waals surface area contributed by atoms with E-state index in [9.17, 15) is 13.2 Å². The van der Waals surface area contributed by atoms with E-state index in [0.29, 0.717) is 23.5 Å². The van der Waals surface area contributed by atoms with Gasteiger partial charge in [-0.05, 0) is 43.9 Å². The Hall–Kier alpha value is -2.02. The molecule has 25 heavy (non-hydrogen) atoms. The lowest BCUT2D eigenvalue weighted by Gasteiger charge is -2.21. The molecule has 0 radical (unpaired) electrons. The molecule has 0 saturated heterocycles. The van der Waals surface area contributed by atoms with Gasteiger partial charge in [0.1, 0.15) is 5.65 Å². The number of aromatic nitrogens is 2. The van der Waals surface area contributed by atoms with Gasteiger partial charge in [0.05, 0.1) is 11.3 Å². The third-order valence-electron chi connectivity index (χ3n) is 4.99. The van der Waals surface area contributed by atoms with E-state index in [1.807, 2.05) is 6.07 Å². The summed E-state index contributed by atoms with van der Waals surface area (Å²) in [7, 11) is 2.05. The van der Waals surface area contributed by atoms with Gasteiger partial charge in [-0.1, -0.05) is 6.08 Å². The molecule has 0 bridgehead atoms. The molecule has 4 nitrogen and oxygen atoms in total. The average Bonchev–Trinajstić information content (AvgIpc) is 3.28. The van der Waals surface area contributed by atoms with Crippen LogP contribution in [0.25, 0.3) is 16.6 Å². The topological polar surface area (TPSA) is 44.0 Å². The van der Waals surface area contributed by atoms with E-state index >= 15 is 0 Å². The molecule has 0 unspecified atom stereocenters. The highest BCUT2D eigenvalue weighted by molar-refractivity contribution is 5.94. The molecule has 1 fully saturated rings. The van der Waals surface area contributed by atoms with Crippen LogP contribution in [0.1, 0.15) is 30.5 Å². The molecule has 1 aliphatic heterocycles. The minimum Gasteiger partial charge on any atom is -0.384 e. The second kappa shape index (κ2) is 6.05. The van der Waals surface area contributed by atoms with Crippen molar-refractivity contribution in [2.45, 2.75) is 25.4 Å². The van der Waals surface area contributed by atoms with Crippen LogP contribution in [0.15, 0.2) is 18.3 Å². The largest absolute Gasteiger partial charge is 0.419 e. The molecule has 134 valence electrons. The molecular weight excluding hydrogens is 329 g/mol.